The van der Waals surface area contributed by atoms with Gasteiger partial charge in [0.25, 0.3) is 0 Å². The summed E-state index contributed by atoms with van der Waals surface area (Å²) in [7, 11) is 0. The van der Waals surface area contributed by atoms with Crippen molar-refractivity contribution >= 4 is 0 Å². The van der Waals surface area contributed by atoms with Crippen molar-refractivity contribution in [2.45, 2.75) is 93.9 Å². The Labute approximate surface area is 129 Å². The van der Waals surface area contributed by atoms with Crippen molar-refractivity contribution < 1.29 is 0 Å². The molecule has 0 aromatic carbocycles. The highest BCUT2D eigenvalue weighted by Crippen LogP contribution is 2.34. The van der Waals surface area contributed by atoms with Crippen LogP contribution in [0.5, 0.6) is 0 Å². The Balaban J connectivity index is 5.06. The molecule has 0 fully saturated rings. The molecule has 0 aromatic heterocycles. The Kier molecular flexibility index (Phi) is 10.3. The second kappa shape index (κ2) is 10.5. The van der Waals surface area contributed by atoms with Gasteiger partial charge in [-0.05, 0) is 49.9 Å². The Hall–Kier alpha value is -0.260. The fraction of sp³-hybridized carbons (Fsp3) is 0.900. The van der Waals surface area contributed by atoms with Gasteiger partial charge in [-0.25, -0.2) is 0 Å². The lowest BCUT2D eigenvalue weighted by Gasteiger charge is -2.29. The van der Waals surface area contributed by atoms with Crippen LogP contribution >= 0.6 is 0 Å². The van der Waals surface area contributed by atoms with Crippen molar-refractivity contribution in [1.82, 2.24) is 0 Å². The van der Waals surface area contributed by atoms with Crippen molar-refractivity contribution in [1.29, 1.82) is 0 Å². The first-order valence-electron chi connectivity index (χ1n) is 9.04. The molecule has 3 unspecified atom stereocenters. The summed E-state index contributed by atoms with van der Waals surface area (Å²) in [6.07, 6.45) is 7.98. The van der Waals surface area contributed by atoms with E-state index in [1.165, 1.54) is 38.5 Å². The van der Waals surface area contributed by atoms with Crippen LogP contribution in [0.15, 0.2) is 11.1 Å². The van der Waals surface area contributed by atoms with E-state index in [1.807, 2.05) is 0 Å². The molecule has 0 bridgehead atoms. The van der Waals surface area contributed by atoms with E-state index in [2.05, 4.69) is 55.4 Å². The molecule has 3 atom stereocenters. The summed E-state index contributed by atoms with van der Waals surface area (Å²) in [4.78, 5) is 0. The van der Waals surface area contributed by atoms with E-state index in [4.69, 9.17) is 0 Å². The molecule has 0 heteroatoms. The highest BCUT2D eigenvalue weighted by atomic mass is 14.3. The zero-order chi connectivity index (χ0) is 15.7. The standard InChI is InChI=1S/C20H40/c1-9-11-12-17(6)20(19(8)16(5)10-2)18(7)14-13-15(3)4/h15-17,19H,9-14H2,1-8H3. The van der Waals surface area contributed by atoms with E-state index in [0.717, 1.165) is 23.7 Å². The largest absolute Gasteiger partial charge is 0.0736 e. The summed E-state index contributed by atoms with van der Waals surface area (Å²) in [6, 6.07) is 0. The molecule has 0 nitrogen and oxygen atoms in total. The first-order chi connectivity index (χ1) is 9.34. The summed E-state index contributed by atoms with van der Waals surface area (Å²) >= 11 is 0. The summed E-state index contributed by atoms with van der Waals surface area (Å²) in [5.74, 6) is 3.14. The molecule has 0 radical (unpaired) electrons. The third-order valence-electron chi connectivity index (χ3n) is 5.10. The average Bonchev–Trinajstić information content (AvgIpc) is 2.41. The fourth-order valence-electron chi connectivity index (χ4n) is 3.23. The van der Waals surface area contributed by atoms with Gasteiger partial charge in [-0.1, -0.05) is 78.9 Å². The molecule has 0 N–H and O–H groups in total. The van der Waals surface area contributed by atoms with E-state index < -0.39 is 0 Å². The molecule has 0 spiro atoms. The molecular formula is C20H40. The Bertz CT molecular complexity index is 272. The van der Waals surface area contributed by atoms with Crippen LogP contribution < -0.4 is 0 Å². The van der Waals surface area contributed by atoms with Crippen molar-refractivity contribution in [3.05, 3.63) is 11.1 Å². The lowest BCUT2D eigenvalue weighted by Crippen LogP contribution is -2.17. The van der Waals surface area contributed by atoms with Crippen LogP contribution in [-0.4, -0.2) is 0 Å². The summed E-state index contributed by atoms with van der Waals surface area (Å²) in [5.41, 5.74) is 3.48. The molecule has 120 valence electrons. The van der Waals surface area contributed by atoms with Crippen LogP contribution in [0.3, 0.4) is 0 Å². The molecule has 0 saturated heterocycles. The van der Waals surface area contributed by atoms with Gasteiger partial charge in [0, 0.05) is 0 Å². The van der Waals surface area contributed by atoms with Gasteiger partial charge in [0.05, 0.1) is 0 Å². The van der Waals surface area contributed by atoms with E-state index in [0.29, 0.717) is 0 Å². The second-order valence-corrected chi connectivity index (χ2v) is 7.39. The second-order valence-electron chi connectivity index (χ2n) is 7.39. The normalized spacial score (nSPS) is 17.9. The topological polar surface area (TPSA) is 0 Å². The van der Waals surface area contributed by atoms with E-state index in [-0.39, 0.29) is 0 Å². The number of hydrogen-bond donors (Lipinski definition) is 0. The lowest BCUT2D eigenvalue weighted by atomic mass is 9.76. The number of hydrogen-bond acceptors (Lipinski definition) is 0. The summed E-state index contributed by atoms with van der Waals surface area (Å²) in [6.45, 7) is 19.1. The van der Waals surface area contributed by atoms with Gasteiger partial charge in [-0.3, -0.25) is 0 Å². The quantitative estimate of drug-likeness (QED) is 0.370. The maximum absolute atomic E-state index is 2.46. The van der Waals surface area contributed by atoms with Crippen molar-refractivity contribution in [2.75, 3.05) is 0 Å². The van der Waals surface area contributed by atoms with Crippen molar-refractivity contribution in [2.24, 2.45) is 23.7 Å². The average molecular weight is 281 g/mol. The van der Waals surface area contributed by atoms with Gasteiger partial charge in [0.15, 0.2) is 0 Å². The maximum atomic E-state index is 2.46. The number of rotatable bonds is 10. The van der Waals surface area contributed by atoms with Gasteiger partial charge in [0.1, 0.15) is 0 Å². The molecular weight excluding hydrogens is 240 g/mol. The van der Waals surface area contributed by atoms with Crippen LogP contribution in [0.2, 0.25) is 0 Å². The van der Waals surface area contributed by atoms with Gasteiger partial charge < -0.3 is 0 Å². The SMILES string of the molecule is CCCCC(C)C(=C(C)CCC(C)C)C(C)C(C)CC. The molecule has 0 aromatic rings. The number of unbranched alkanes of at least 4 members (excludes halogenated alkanes) is 1. The smallest absolute Gasteiger partial charge is 0.0201 e. The Morgan fingerprint density at radius 3 is 1.95 bits per heavy atom. The van der Waals surface area contributed by atoms with Gasteiger partial charge in [-0.2, -0.15) is 0 Å². The van der Waals surface area contributed by atoms with E-state index >= 15 is 0 Å². The zero-order valence-corrected chi connectivity index (χ0v) is 15.6. The molecule has 0 aliphatic heterocycles. The molecule has 0 amide bonds. The monoisotopic (exact) mass is 280 g/mol. The van der Waals surface area contributed by atoms with E-state index in [1.54, 1.807) is 11.1 Å². The third kappa shape index (κ3) is 6.95. The fourth-order valence-corrected chi connectivity index (χ4v) is 3.23. The van der Waals surface area contributed by atoms with Crippen LogP contribution in [0.1, 0.15) is 93.9 Å². The summed E-state index contributed by atoms with van der Waals surface area (Å²) in [5, 5.41) is 0. The molecule has 0 aliphatic rings. The predicted octanol–water partition coefficient (Wildman–Crippen LogP) is 7.25. The van der Waals surface area contributed by atoms with Crippen LogP contribution in [0.4, 0.5) is 0 Å². The first-order valence-corrected chi connectivity index (χ1v) is 9.04. The lowest BCUT2D eigenvalue weighted by molar-refractivity contribution is 0.379. The minimum absolute atomic E-state index is 0.749. The van der Waals surface area contributed by atoms with Gasteiger partial charge in [-0.15, -0.1) is 0 Å². The van der Waals surface area contributed by atoms with Crippen LogP contribution in [0, 0.1) is 23.7 Å². The minimum atomic E-state index is 0.749. The van der Waals surface area contributed by atoms with Gasteiger partial charge >= 0.3 is 0 Å². The Morgan fingerprint density at radius 2 is 1.50 bits per heavy atom. The highest BCUT2D eigenvalue weighted by molar-refractivity contribution is 5.18. The molecule has 0 heterocycles. The third-order valence-corrected chi connectivity index (χ3v) is 5.10. The highest BCUT2D eigenvalue weighted by Gasteiger charge is 2.22. The molecule has 20 heavy (non-hydrogen) atoms. The predicted molar refractivity (Wildman–Crippen MR) is 94.1 cm³/mol. The van der Waals surface area contributed by atoms with Crippen LogP contribution in [-0.2, 0) is 0 Å². The Morgan fingerprint density at radius 1 is 0.900 bits per heavy atom. The maximum Gasteiger partial charge on any atom is -0.0201 e. The zero-order valence-electron chi connectivity index (χ0n) is 15.6. The van der Waals surface area contributed by atoms with Crippen LogP contribution in [0.25, 0.3) is 0 Å². The van der Waals surface area contributed by atoms with E-state index in [9.17, 15) is 0 Å². The molecule has 0 rings (SSSR count). The molecule has 0 aliphatic carbocycles. The number of allylic oxidation sites excluding steroid dienone is 2. The van der Waals surface area contributed by atoms with Crippen molar-refractivity contribution in [3.8, 4) is 0 Å². The first kappa shape index (κ1) is 19.7. The van der Waals surface area contributed by atoms with Crippen molar-refractivity contribution in [3.63, 3.8) is 0 Å². The van der Waals surface area contributed by atoms with Gasteiger partial charge in [0.2, 0.25) is 0 Å². The summed E-state index contributed by atoms with van der Waals surface area (Å²) < 4.78 is 0. The minimum Gasteiger partial charge on any atom is -0.0736 e. The molecule has 0 saturated carbocycles.